The van der Waals surface area contributed by atoms with Crippen molar-refractivity contribution in [1.82, 2.24) is 0 Å². The van der Waals surface area contributed by atoms with E-state index >= 15 is 0 Å². The number of carbonyl (C=O) groups is 1. The lowest BCUT2D eigenvalue weighted by molar-refractivity contribution is -0.137. The second-order valence-corrected chi connectivity index (χ2v) is 10.6. The molecule has 5 rings (SSSR count). The highest BCUT2D eigenvalue weighted by Gasteiger charge is 2.35. The van der Waals surface area contributed by atoms with Gasteiger partial charge in [-0.05, 0) is 61.5 Å². The maximum absolute atomic E-state index is 14.5. The van der Waals surface area contributed by atoms with Gasteiger partial charge in [-0.1, -0.05) is 17.7 Å². The van der Waals surface area contributed by atoms with E-state index in [1.165, 1.54) is 6.07 Å². The first-order valence-corrected chi connectivity index (χ1v) is 14.1. The van der Waals surface area contributed by atoms with Gasteiger partial charge >= 0.3 is 5.97 Å². The number of benzene rings is 3. The number of hydrogen-bond acceptors (Lipinski definition) is 6. The molecule has 0 bridgehead atoms. The fourth-order valence-corrected chi connectivity index (χ4v) is 5.70. The molecule has 0 unspecified atom stereocenters. The fraction of sp³-hybridized carbons (Fsp3) is 0.387. The van der Waals surface area contributed by atoms with Crippen LogP contribution in [0, 0.1) is 5.82 Å². The van der Waals surface area contributed by atoms with Crippen molar-refractivity contribution in [3.63, 3.8) is 0 Å². The molecule has 2 atom stereocenters. The van der Waals surface area contributed by atoms with Crippen molar-refractivity contribution in [3.05, 3.63) is 77.6 Å². The fourth-order valence-electron chi connectivity index (χ4n) is 5.52. The van der Waals surface area contributed by atoms with Crippen molar-refractivity contribution in [3.8, 4) is 17.2 Å². The third-order valence-corrected chi connectivity index (χ3v) is 7.60. The van der Waals surface area contributed by atoms with Crippen LogP contribution >= 0.6 is 11.6 Å². The summed E-state index contributed by atoms with van der Waals surface area (Å²) in [6.45, 7) is 4.40. The van der Waals surface area contributed by atoms with Gasteiger partial charge in [0.05, 0.1) is 25.3 Å². The second-order valence-electron chi connectivity index (χ2n) is 10.2. The van der Waals surface area contributed by atoms with Crippen LogP contribution in [0.25, 0.3) is 0 Å². The number of aliphatic carboxylic acids is 1. The summed E-state index contributed by atoms with van der Waals surface area (Å²) in [7, 11) is 0. The number of anilines is 2. The molecule has 1 N–H and O–H groups in total. The lowest BCUT2D eigenvalue weighted by Gasteiger charge is -2.34. The van der Waals surface area contributed by atoms with E-state index in [0.717, 1.165) is 24.3 Å². The Balaban J connectivity index is 1.18. The van der Waals surface area contributed by atoms with E-state index < -0.39 is 5.97 Å². The van der Waals surface area contributed by atoms with Crippen LogP contribution in [0.15, 0.2) is 66.7 Å². The molecule has 7 nitrogen and oxygen atoms in total. The van der Waals surface area contributed by atoms with Crippen molar-refractivity contribution in [2.45, 2.75) is 50.9 Å². The maximum atomic E-state index is 14.5. The Hall–Kier alpha value is -3.65. The average molecular weight is 569 g/mol. The zero-order valence-electron chi connectivity index (χ0n) is 22.5. The average Bonchev–Trinajstić information content (AvgIpc) is 3.32. The third kappa shape index (κ3) is 6.91. The van der Waals surface area contributed by atoms with Gasteiger partial charge in [-0.2, -0.15) is 0 Å². The van der Waals surface area contributed by atoms with Crippen LogP contribution in [0.2, 0.25) is 5.02 Å². The Bertz CT molecular complexity index is 1300. The Morgan fingerprint density at radius 1 is 0.975 bits per heavy atom. The van der Waals surface area contributed by atoms with Crippen molar-refractivity contribution < 1.29 is 28.5 Å². The Morgan fingerprint density at radius 3 is 2.40 bits per heavy atom. The maximum Gasteiger partial charge on any atom is 0.305 e. The topological polar surface area (TPSA) is 71.5 Å². The highest BCUT2D eigenvalue weighted by atomic mass is 35.5. The molecule has 0 radical (unpaired) electrons. The van der Waals surface area contributed by atoms with Crippen molar-refractivity contribution in [2.24, 2.45) is 0 Å². The molecule has 2 aliphatic rings. The van der Waals surface area contributed by atoms with Gasteiger partial charge in [-0.3, -0.25) is 4.79 Å². The van der Waals surface area contributed by atoms with Crippen LogP contribution in [0.3, 0.4) is 0 Å². The Labute approximate surface area is 239 Å². The number of hydrogen-bond donors (Lipinski definition) is 1. The molecule has 9 heteroatoms. The van der Waals surface area contributed by atoms with Crippen LogP contribution in [-0.2, 0) is 4.79 Å². The summed E-state index contributed by atoms with van der Waals surface area (Å²) in [6, 6.07) is 19.7. The lowest BCUT2D eigenvalue weighted by Crippen LogP contribution is -2.38. The number of carboxylic acids is 1. The molecule has 3 aromatic carbocycles. The summed E-state index contributed by atoms with van der Waals surface area (Å²) in [5.41, 5.74) is 1.49. The molecule has 0 amide bonds. The van der Waals surface area contributed by atoms with E-state index in [1.807, 2.05) is 48.2 Å². The molecule has 2 saturated heterocycles. The van der Waals surface area contributed by atoms with E-state index in [-0.39, 0.29) is 30.5 Å². The Kier molecular flexibility index (Phi) is 8.85. The molecule has 0 saturated carbocycles. The summed E-state index contributed by atoms with van der Waals surface area (Å²) in [6.07, 6.45) is 2.06. The third-order valence-electron chi connectivity index (χ3n) is 7.37. The van der Waals surface area contributed by atoms with Gasteiger partial charge in [0, 0.05) is 55.2 Å². The molecule has 40 heavy (non-hydrogen) atoms. The van der Waals surface area contributed by atoms with Crippen LogP contribution in [0.1, 0.15) is 32.6 Å². The first kappa shape index (κ1) is 27.9. The minimum absolute atomic E-state index is 0.0281. The van der Waals surface area contributed by atoms with Gasteiger partial charge in [0.15, 0.2) is 0 Å². The SMILES string of the molecule is CCOc1ccc(F)c(N2CCC(Oc3ccc(N4C[C@H](Oc5cccc(Cl)c5)C[C@@H]4CC(=O)O)cc3)CC2)c1. The number of rotatable bonds is 10. The van der Waals surface area contributed by atoms with Gasteiger partial charge in [-0.15, -0.1) is 0 Å². The lowest BCUT2D eigenvalue weighted by atomic mass is 10.1. The summed E-state index contributed by atoms with van der Waals surface area (Å²) in [5.74, 6) is 1.01. The predicted octanol–water partition coefficient (Wildman–Crippen LogP) is 6.43. The van der Waals surface area contributed by atoms with Gasteiger partial charge in [-0.25, -0.2) is 4.39 Å². The normalized spacial score (nSPS) is 19.5. The van der Waals surface area contributed by atoms with Gasteiger partial charge in [0.25, 0.3) is 0 Å². The smallest absolute Gasteiger partial charge is 0.305 e. The monoisotopic (exact) mass is 568 g/mol. The van der Waals surface area contributed by atoms with Crippen LogP contribution in [0.5, 0.6) is 17.2 Å². The molecule has 3 aromatic rings. The number of carboxylic acid groups (broad SMARTS) is 1. The molecule has 212 valence electrons. The molecule has 0 spiro atoms. The van der Waals surface area contributed by atoms with E-state index in [9.17, 15) is 14.3 Å². The number of ether oxygens (including phenoxy) is 3. The molecule has 2 heterocycles. The quantitative estimate of drug-likeness (QED) is 0.302. The van der Waals surface area contributed by atoms with E-state index in [1.54, 1.807) is 24.3 Å². The first-order chi connectivity index (χ1) is 19.4. The van der Waals surface area contributed by atoms with Gasteiger partial charge in [0.2, 0.25) is 0 Å². The summed E-state index contributed by atoms with van der Waals surface area (Å²) in [4.78, 5) is 15.7. The van der Waals surface area contributed by atoms with Crippen LogP contribution < -0.4 is 24.0 Å². The standard InChI is InChI=1S/C31H34ClFN2O5/c1-2-38-26-10-11-29(33)30(19-26)34-14-12-25(13-15-34)39-24-8-6-22(7-9-24)35-20-28(17-23(35)18-31(36)37)40-27-5-3-4-21(32)16-27/h3-11,16,19,23,25,28H,2,12-15,17-18,20H2,1H3,(H,36,37)/t23-,28-/m1/s1. The molecular weight excluding hydrogens is 535 g/mol. The number of nitrogens with zero attached hydrogens (tertiary/aromatic N) is 2. The van der Waals surface area contributed by atoms with Crippen LogP contribution in [-0.4, -0.2) is 55.6 Å². The molecular formula is C31H34ClFN2O5. The first-order valence-electron chi connectivity index (χ1n) is 13.7. The number of halogens is 2. The summed E-state index contributed by atoms with van der Waals surface area (Å²) in [5, 5.41) is 10.1. The summed E-state index contributed by atoms with van der Waals surface area (Å²) >= 11 is 6.09. The van der Waals surface area contributed by atoms with Gasteiger partial charge < -0.3 is 29.1 Å². The zero-order valence-corrected chi connectivity index (χ0v) is 23.2. The van der Waals surface area contributed by atoms with Crippen molar-refractivity contribution >= 4 is 28.9 Å². The van der Waals surface area contributed by atoms with Crippen LogP contribution in [0.4, 0.5) is 15.8 Å². The highest BCUT2D eigenvalue weighted by Crippen LogP contribution is 2.33. The summed E-state index contributed by atoms with van der Waals surface area (Å²) < 4.78 is 32.4. The molecule has 2 aliphatic heterocycles. The number of piperidine rings is 1. The van der Waals surface area contributed by atoms with Gasteiger partial charge in [0.1, 0.15) is 35.3 Å². The van der Waals surface area contributed by atoms with E-state index in [0.29, 0.717) is 54.9 Å². The van der Waals surface area contributed by atoms with E-state index in [4.69, 9.17) is 25.8 Å². The second kappa shape index (κ2) is 12.7. The largest absolute Gasteiger partial charge is 0.494 e. The predicted molar refractivity (Wildman–Crippen MR) is 154 cm³/mol. The Morgan fingerprint density at radius 2 is 1.70 bits per heavy atom. The van der Waals surface area contributed by atoms with Crippen molar-refractivity contribution in [2.75, 3.05) is 36.0 Å². The zero-order chi connectivity index (χ0) is 28.1. The van der Waals surface area contributed by atoms with Crippen molar-refractivity contribution in [1.29, 1.82) is 0 Å². The highest BCUT2D eigenvalue weighted by molar-refractivity contribution is 6.30. The molecule has 2 fully saturated rings. The molecule has 0 aliphatic carbocycles. The minimum atomic E-state index is -0.839. The minimum Gasteiger partial charge on any atom is -0.494 e. The van der Waals surface area contributed by atoms with E-state index in [2.05, 4.69) is 4.90 Å². The molecule has 0 aromatic heterocycles.